The van der Waals surface area contributed by atoms with Gasteiger partial charge in [-0.25, -0.2) is 9.97 Å². The van der Waals surface area contributed by atoms with Crippen LogP contribution in [-0.2, 0) is 19.5 Å². The van der Waals surface area contributed by atoms with Crippen LogP contribution < -0.4 is 15.2 Å². The summed E-state index contributed by atoms with van der Waals surface area (Å²) in [5.74, 6) is 0.913. The van der Waals surface area contributed by atoms with Crippen molar-refractivity contribution in [2.75, 3.05) is 20.8 Å². The molecule has 24 heavy (non-hydrogen) atoms. The van der Waals surface area contributed by atoms with Crippen LogP contribution in [0.1, 0.15) is 27.4 Å². The molecule has 1 aromatic heterocycles. The Morgan fingerprint density at radius 3 is 2.88 bits per heavy atom. The van der Waals surface area contributed by atoms with Crippen LogP contribution in [0.25, 0.3) is 0 Å². The van der Waals surface area contributed by atoms with Crippen molar-refractivity contribution in [1.82, 2.24) is 14.9 Å². The van der Waals surface area contributed by atoms with E-state index in [0.29, 0.717) is 18.8 Å². The molecule has 0 fully saturated rings. The highest BCUT2D eigenvalue weighted by molar-refractivity contribution is 5.88. The number of hydrogen-bond donors (Lipinski definition) is 1. The molecule has 1 aromatic carbocycles. The van der Waals surface area contributed by atoms with Gasteiger partial charge in [0.25, 0.3) is 5.91 Å². The summed E-state index contributed by atoms with van der Waals surface area (Å²) in [5.41, 5.74) is 8.23. The molecule has 0 unspecified atom stereocenters. The Morgan fingerprint density at radius 2 is 2.17 bits per heavy atom. The number of amides is 1. The van der Waals surface area contributed by atoms with Crippen molar-refractivity contribution >= 4 is 5.91 Å². The highest BCUT2D eigenvalue weighted by Gasteiger charge is 2.21. The standard InChI is InChI=1S/C17H20N4O3/c1-23-14-5-3-4-12(15(14)24-2)9-21-7-6-11-8-19-17(16(18)22)20-13(11)10-21/h3-5,8H,6-7,9-10H2,1-2H3,(H2,18,22). The highest BCUT2D eigenvalue weighted by Crippen LogP contribution is 2.32. The van der Waals surface area contributed by atoms with Crippen LogP contribution in [-0.4, -0.2) is 41.5 Å². The summed E-state index contributed by atoms with van der Waals surface area (Å²) >= 11 is 0. The van der Waals surface area contributed by atoms with E-state index in [1.165, 1.54) is 0 Å². The largest absolute Gasteiger partial charge is 0.493 e. The van der Waals surface area contributed by atoms with Crippen LogP contribution in [0.3, 0.4) is 0 Å². The number of methoxy groups -OCH3 is 2. The van der Waals surface area contributed by atoms with Crippen LogP contribution >= 0.6 is 0 Å². The number of primary amides is 1. The van der Waals surface area contributed by atoms with Crippen LogP contribution in [0.15, 0.2) is 24.4 Å². The quantitative estimate of drug-likeness (QED) is 0.885. The van der Waals surface area contributed by atoms with Gasteiger partial charge in [-0.15, -0.1) is 0 Å². The summed E-state index contributed by atoms with van der Waals surface area (Å²) in [6, 6.07) is 5.84. The molecule has 3 rings (SSSR count). The summed E-state index contributed by atoms with van der Waals surface area (Å²) in [6.07, 6.45) is 2.53. The third kappa shape index (κ3) is 3.16. The van der Waals surface area contributed by atoms with Crippen molar-refractivity contribution in [3.63, 3.8) is 0 Å². The Balaban J connectivity index is 1.81. The van der Waals surface area contributed by atoms with E-state index in [4.69, 9.17) is 15.2 Å². The first kappa shape index (κ1) is 16.2. The maximum atomic E-state index is 11.3. The molecule has 2 heterocycles. The lowest BCUT2D eigenvalue weighted by atomic mass is 10.1. The molecule has 2 aromatic rings. The second-order valence-electron chi connectivity index (χ2n) is 5.64. The van der Waals surface area contributed by atoms with Gasteiger partial charge in [-0.1, -0.05) is 12.1 Å². The maximum Gasteiger partial charge on any atom is 0.286 e. The smallest absolute Gasteiger partial charge is 0.286 e. The molecule has 1 aliphatic rings. The lowest BCUT2D eigenvalue weighted by Gasteiger charge is -2.28. The van der Waals surface area contributed by atoms with Crippen LogP contribution in [0.5, 0.6) is 11.5 Å². The van der Waals surface area contributed by atoms with E-state index in [1.54, 1.807) is 20.4 Å². The number of nitrogens with zero attached hydrogens (tertiary/aromatic N) is 3. The predicted molar refractivity (Wildman–Crippen MR) is 87.9 cm³/mol. The fourth-order valence-corrected chi connectivity index (χ4v) is 2.93. The second kappa shape index (κ2) is 6.84. The number of ether oxygens (including phenoxy) is 2. The number of para-hydroxylation sites is 1. The molecule has 1 aliphatic heterocycles. The number of carbonyl (C=O) groups excluding carboxylic acids is 1. The van der Waals surface area contributed by atoms with E-state index < -0.39 is 5.91 Å². The molecule has 0 atom stereocenters. The van der Waals surface area contributed by atoms with Gasteiger partial charge >= 0.3 is 0 Å². The number of fused-ring (bicyclic) bond motifs is 1. The summed E-state index contributed by atoms with van der Waals surface area (Å²) in [5, 5.41) is 0. The minimum Gasteiger partial charge on any atom is -0.493 e. The average Bonchev–Trinajstić information content (AvgIpc) is 2.60. The Morgan fingerprint density at radius 1 is 1.33 bits per heavy atom. The molecule has 1 amide bonds. The number of rotatable bonds is 5. The molecule has 0 saturated carbocycles. The monoisotopic (exact) mass is 328 g/mol. The van der Waals surface area contributed by atoms with Crippen LogP contribution in [0.2, 0.25) is 0 Å². The summed E-state index contributed by atoms with van der Waals surface area (Å²) in [7, 11) is 3.26. The van der Waals surface area contributed by atoms with E-state index in [0.717, 1.165) is 35.5 Å². The molecule has 0 aliphatic carbocycles. The van der Waals surface area contributed by atoms with Gasteiger partial charge in [0.05, 0.1) is 19.9 Å². The molecule has 7 nitrogen and oxygen atoms in total. The predicted octanol–water partition coefficient (Wildman–Crippen LogP) is 1.15. The van der Waals surface area contributed by atoms with Crippen molar-refractivity contribution in [1.29, 1.82) is 0 Å². The van der Waals surface area contributed by atoms with Gasteiger partial charge < -0.3 is 15.2 Å². The molecule has 7 heteroatoms. The van der Waals surface area contributed by atoms with Crippen molar-refractivity contribution in [2.45, 2.75) is 19.5 Å². The van der Waals surface area contributed by atoms with Gasteiger partial charge in [-0.2, -0.15) is 0 Å². The average molecular weight is 328 g/mol. The third-order valence-corrected chi connectivity index (χ3v) is 4.12. The van der Waals surface area contributed by atoms with Crippen molar-refractivity contribution in [2.24, 2.45) is 5.73 Å². The third-order valence-electron chi connectivity index (χ3n) is 4.12. The topological polar surface area (TPSA) is 90.6 Å². The number of aromatic nitrogens is 2. The van der Waals surface area contributed by atoms with Crippen molar-refractivity contribution < 1.29 is 14.3 Å². The Hall–Kier alpha value is -2.67. The number of nitrogens with two attached hydrogens (primary N) is 1. The van der Waals surface area contributed by atoms with Crippen LogP contribution in [0.4, 0.5) is 0 Å². The molecule has 2 N–H and O–H groups in total. The molecule has 0 spiro atoms. The van der Waals surface area contributed by atoms with E-state index in [9.17, 15) is 4.79 Å². The Labute approximate surface area is 140 Å². The summed E-state index contributed by atoms with van der Waals surface area (Å²) < 4.78 is 10.8. The Bertz CT molecular complexity index is 763. The molecule has 0 radical (unpaired) electrons. The zero-order valence-corrected chi connectivity index (χ0v) is 13.8. The molecule has 0 saturated heterocycles. The van der Waals surface area contributed by atoms with Gasteiger partial charge in [-0.05, 0) is 18.1 Å². The minimum absolute atomic E-state index is 0.0644. The fraction of sp³-hybridized carbons (Fsp3) is 0.353. The van der Waals surface area contributed by atoms with Crippen molar-refractivity contribution in [3.8, 4) is 11.5 Å². The summed E-state index contributed by atoms with van der Waals surface area (Å²) in [4.78, 5) is 21.8. The number of carbonyl (C=O) groups is 1. The van der Waals surface area contributed by atoms with Gasteiger partial charge in [0.15, 0.2) is 11.5 Å². The maximum absolute atomic E-state index is 11.3. The summed E-state index contributed by atoms with van der Waals surface area (Å²) in [6.45, 7) is 2.22. The van der Waals surface area contributed by atoms with E-state index in [2.05, 4.69) is 14.9 Å². The normalized spacial score (nSPS) is 14.1. The first-order valence-corrected chi connectivity index (χ1v) is 7.69. The lowest BCUT2D eigenvalue weighted by Crippen LogP contribution is -2.32. The van der Waals surface area contributed by atoms with E-state index >= 15 is 0 Å². The molecule has 126 valence electrons. The molecule has 0 bridgehead atoms. The first-order valence-electron chi connectivity index (χ1n) is 7.69. The zero-order chi connectivity index (χ0) is 17.1. The number of benzene rings is 1. The molecular weight excluding hydrogens is 308 g/mol. The van der Waals surface area contributed by atoms with Crippen molar-refractivity contribution in [3.05, 3.63) is 47.0 Å². The fourth-order valence-electron chi connectivity index (χ4n) is 2.93. The first-order chi connectivity index (χ1) is 11.6. The van der Waals surface area contributed by atoms with E-state index in [-0.39, 0.29) is 5.82 Å². The minimum atomic E-state index is -0.607. The number of hydrogen-bond acceptors (Lipinski definition) is 6. The van der Waals surface area contributed by atoms with Gasteiger partial charge in [0.2, 0.25) is 5.82 Å². The SMILES string of the molecule is COc1cccc(CN2CCc3cnc(C(N)=O)nc3C2)c1OC. The Kier molecular flexibility index (Phi) is 4.61. The van der Waals surface area contributed by atoms with Crippen LogP contribution in [0, 0.1) is 0 Å². The van der Waals surface area contributed by atoms with E-state index in [1.807, 2.05) is 18.2 Å². The zero-order valence-electron chi connectivity index (χ0n) is 13.8. The van der Waals surface area contributed by atoms with Gasteiger partial charge in [0, 0.05) is 31.4 Å². The second-order valence-corrected chi connectivity index (χ2v) is 5.64. The van der Waals surface area contributed by atoms with Gasteiger partial charge in [0.1, 0.15) is 0 Å². The molecular formula is C17H20N4O3. The lowest BCUT2D eigenvalue weighted by molar-refractivity contribution is 0.0989. The van der Waals surface area contributed by atoms with Gasteiger partial charge in [-0.3, -0.25) is 9.69 Å². The highest BCUT2D eigenvalue weighted by atomic mass is 16.5.